The molecule has 0 fully saturated rings. The van der Waals surface area contributed by atoms with Gasteiger partial charge in [-0.3, -0.25) is 9.59 Å². The minimum Gasteiger partial charge on any atom is -0.397 e. The van der Waals surface area contributed by atoms with Crippen molar-refractivity contribution in [2.45, 2.75) is 13.8 Å². The predicted molar refractivity (Wildman–Crippen MR) is 123 cm³/mol. The van der Waals surface area contributed by atoms with E-state index in [-0.39, 0.29) is 0 Å². The number of benzene rings is 3. The van der Waals surface area contributed by atoms with Gasteiger partial charge >= 0.3 is 11.8 Å². The number of anilines is 3. The molecule has 0 saturated heterocycles. The van der Waals surface area contributed by atoms with Gasteiger partial charge in [-0.1, -0.05) is 12.1 Å². The maximum Gasteiger partial charge on any atom is 0.314 e. The molecule has 0 aliphatic rings. The number of hydrogen-bond donors (Lipinski definition) is 3. The summed E-state index contributed by atoms with van der Waals surface area (Å²) < 4.78 is 1.13. The highest BCUT2D eigenvalue weighted by Crippen LogP contribution is 2.31. The molecule has 4 N–H and O–H groups in total. The Hall–Kier alpha value is -3.71. The van der Waals surface area contributed by atoms with Crippen molar-refractivity contribution in [3.63, 3.8) is 0 Å². The van der Waals surface area contributed by atoms with Crippen LogP contribution in [0.5, 0.6) is 0 Å². The highest BCUT2D eigenvalue weighted by Gasteiger charge is 2.15. The fourth-order valence-corrected chi connectivity index (χ4v) is 4.08. The quantitative estimate of drug-likeness (QED) is 0.332. The average Bonchev–Trinajstić information content (AvgIpc) is 3.13. The largest absolute Gasteiger partial charge is 0.397 e. The van der Waals surface area contributed by atoms with Crippen LogP contribution in [0, 0.1) is 13.8 Å². The third-order valence-corrected chi connectivity index (χ3v) is 5.66. The minimum atomic E-state index is -0.781. The lowest BCUT2D eigenvalue weighted by atomic mass is 10.2. The van der Waals surface area contributed by atoms with Gasteiger partial charge in [0.25, 0.3) is 0 Å². The van der Waals surface area contributed by atoms with Gasteiger partial charge in [0.1, 0.15) is 5.01 Å². The highest BCUT2D eigenvalue weighted by atomic mass is 32.1. The SMILES string of the molecule is Cc1ccc(NC(=O)C(=O)Nc2ccc(-c3nc4ccc(C)cc4s3)cc2)c(N)c1. The monoisotopic (exact) mass is 416 g/mol. The van der Waals surface area contributed by atoms with Crippen LogP contribution in [0.1, 0.15) is 11.1 Å². The van der Waals surface area contributed by atoms with Crippen molar-refractivity contribution in [2.75, 3.05) is 16.4 Å². The number of amides is 2. The van der Waals surface area contributed by atoms with Crippen molar-refractivity contribution >= 4 is 50.4 Å². The van der Waals surface area contributed by atoms with Crippen molar-refractivity contribution in [1.29, 1.82) is 0 Å². The molecule has 2 amide bonds. The zero-order chi connectivity index (χ0) is 21.3. The summed E-state index contributed by atoms with van der Waals surface area (Å²) in [6.45, 7) is 3.95. The smallest absolute Gasteiger partial charge is 0.314 e. The molecule has 0 spiro atoms. The molecule has 30 heavy (non-hydrogen) atoms. The number of nitrogens with zero attached hydrogens (tertiary/aromatic N) is 1. The maximum absolute atomic E-state index is 12.2. The Morgan fingerprint density at radius 1 is 0.867 bits per heavy atom. The summed E-state index contributed by atoms with van der Waals surface area (Å²) in [5.74, 6) is -1.55. The Morgan fingerprint density at radius 3 is 2.27 bits per heavy atom. The molecule has 3 aromatic carbocycles. The lowest BCUT2D eigenvalue weighted by Gasteiger charge is -2.09. The number of nitrogens with two attached hydrogens (primary N) is 1. The van der Waals surface area contributed by atoms with Gasteiger partial charge in [0.05, 0.1) is 21.6 Å². The molecule has 0 radical (unpaired) electrons. The second-order valence-corrected chi connectivity index (χ2v) is 8.10. The van der Waals surface area contributed by atoms with E-state index in [1.165, 1.54) is 5.56 Å². The molecule has 0 aliphatic carbocycles. The van der Waals surface area contributed by atoms with E-state index >= 15 is 0 Å². The van der Waals surface area contributed by atoms with Crippen LogP contribution in [0.4, 0.5) is 17.1 Å². The van der Waals surface area contributed by atoms with E-state index < -0.39 is 11.8 Å². The Morgan fingerprint density at radius 2 is 1.53 bits per heavy atom. The van der Waals surface area contributed by atoms with Gasteiger partial charge in [-0.05, 0) is 73.5 Å². The first-order chi connectivity index (χ1) is 14.4. The third-order valence-electron chi connectivity index (χ3n) is 4.60. The zero-order valence-corrected chi connectivity index (χ0v) is 17.3. The van der Waals surface area contributed by atoms with Crippen LogP contribution < -0.4 is 16.4 Å². The van der Waals surface area contributed by atoms with Gasteiger partial charge in [-0.25, -0.2) is 4.98 Å². The van der Waals surface area contributed by atoms with Crippen molar-refractivity contribution in [2.24, 2.45) is 0 Å². The van der Waals surface area contributed by atoms with Gasteiger partial charge in [-0.15, -0.1) is 11.3 Å². The van der Waals surface area contributed by atoms with Crippen LogP contribution in [-0.4, -0.2) is 16.8 Å². The number of rotatable bonds is 3. The van der Waals surface area contributed by atoms with Gasteiger partial charge in [-0.2, -0.15) is 0 Å². The van der Waals surface area contributed by atoms with Crippen molar-refractivity contribution in [3.05, 3.63) is 71.8 Å². The standard InChI is InChI=1S/C23H20N4O2S/c1-13-3-9-18(17(24)11-13)26-22(29)21(28)25-16-7-5-15(6-8-16)23-27-19-10-4-14(2)12-20(19)30-23/h3-12H,24H2,1-2H3,(H,25,28)(H,26,29). The molecular weight excluding hydrogens is 396 g/mol. The summed E-state index contributed by atoms with van der Waals surface area (Å²) in [5, 5.41) is 6.03. The number of thiazole rings is 1. The van der Waals surface area contributed by atoms with Gasteiger partial charge < -0.3 is 16.4 Å². The molecule has 0 aliphatic heterocycles. The normalized spacial score (nSPS) is 10.7. The van der Waals surface area contributed by atoms with Gasteiger partial charge in [0, 0.05) is 11.3 Å². The zero-order valence-electron chi connectivity index (χ0n) is 16.5. The summed E-state index contributed by atoms with van der Waals surface area (Å²) in [7, 11) is 0. The molecule has 1 heterocycles. The summed E-state index contributed by atoms with van der Waals surface area (Å²) in [4.78, 5) is 29.1. The van der Waals surface area contributed by atoms with Crippen LogP contribution in [0.2, 0.25) is 0 Å². The molecule has 4 aromatic rings. The number of aryl methyl sites for hydroxylation is 2. The van der Waals surface area contributed by atoms with E-state index in [1.807, 2.05) is 37.3 Å². The number of fused-ring (bicyclic) bond motifs is 1. The van der Waals surface area contributed by atoms with E-state index in [0.717, 1.165) is 26.4 Å². The second-order valence-electron chi connectivity index (χ2n) is 7.07. The average molecular weight is 417 g/mol. The summed E-state index contributed by atoms with van der Waals surface area (Å²) in [6.07, 6.45) is 0. The Bertz CT molecular complexity index is 1260. The number of nitrogens with one attached hydrogen (secondary N) is 2. The van der Waals surface area contributed by atoms with Crippen LogP contribution in [0.25, 0.3) is 20.8 Å². The van der Waals surface area contributed by atoms with Gasteiger partial charge in [0.2, 0.25) is 0 Å². The lowest BCUT2D eigenvalue weighted by molar-refractivity contribution is -0.132. The third kappa shape index (κ3) is 4.16. The van der Waals surface area contributed by atoms with Crippen molar-refractivity contribution < 1.29 is 9.59 Å². The first-order valence-electron chi connectivity index (χ1n) is 9.35. The molecule has 4 rings (SSSR count). The molecular formula is C23H20N4O2S. The Kier molecular flexibility index (Phi) is 5.20. The maximum atomic E-state index is 12.2. The summed E-state index contributed by atoms with van der Waals surface area (Å²) in [5.41, 5.74) is 11.3. The van der Waals surface area contributed by atoms with Crippen LogP contribution in [0.15, 0.2) is 60.7 Å². The molecule has 0 saturated carbocycles. The summed E-state index contributed by atoms with van der Waals surface area (Å²) in [6, 6.07) is 18.6. The second kappa shape index (κ2) is 7.96. The van der Waals surface area contributed by atoms with E-state index in [0.29, 0.717) is 17.1 Å². The molecule has 0 bridgehead atoms. The van der Waals surface area contributed by atoms with E-state index in [4.69, 9.17) is 5.73 Å². The Balaban J connectivity index is 1.44. The fraction of sp³-hybridized carbons (Fsp3) is 0.0870. The molecule has 150 valence electrons. The lowest BCUT2D eigenvalue weighted by Crippen LogP contribution is -2.29. The topological polar surface area (TPSA) is 97.1 Å². The van der Waals surface area contributed by atoms with Crippen molar-refractivity contribution in [1.82, 2.24) is 4.98 Å². The minimum absolute atomic E-state index is 0.405. The fourth-order valence-electron chi connectivity index (χ4n) is 3.01. The van der Waals surface area contributed by atoms with Crippen LogP contribution in [0.3, 0.4) is 0 Å². The van der Waals surface area contributed by atoms with E-state index in [9.17, 15) is 9.59 Å². The summed E-state index contributed by atoms with van der Waals surface area (Å²) >= 11 is 1.62. The number of aromatic nitrogens is 1. The van der Waals surface area contributed by atoms with Crippen molar-refractivity contribution in [3.8, 4) is 10.6 Å². The predicted octanol–water partition coefficient (Wildman–Crippen LogP) is 4.74. The van der Waals surface area contributed by atoms with Crippen LogP contribution >= 0.6 is 11.3 Å². The Labute approximate surface area is 177 Å². The number of nitrogen functional groups attached to an aromatic ring is 1. The molecule has 7 heteroatoms. The van der Waals surface area contributed by atoms with Crippen LogP contribution in [-0.2, 0) is 9.59 Å². The number of carbonyl (C=O) groups is 2. The number of carbonyl (C=O) groups excluding carboxylic acids is 2. The first kappa shape index (κ1) is 19.6. The molecule has 6 nitrogen and oxygen atoms in total. The molecule has 1 aromatic heterocycles. The van der Waals surface area contributed by atoms with E-state index in [2.05, 4.69) is 28.6 Å². The number of hydrogen-bond acceptors (Lipinski definition) is 5. The molecule has 0 unspecified atom stereocenters. The first-order valence-corrected chi connectivity index (χ1v) is 10.2. The van der Waals surface area contributed by atoms with E-state index in [1.54, 1.807) is 35.6 Å². The molecule has 0 atom stereocenters. The van der Waals surface area contributed by atoms with Gasteiger partial charge in [0.15, 0.2) is 0 Å². The highest BCUT2D eigenvalue weighted by molar-refractivity contribution is 7.21.